The maximum Gasteiger partial charge on any atom is 0.311 e. The summed E-state index contributed by atoms with van der Waals surface area (Å²) >= 11 is 11.8. The van der Waals surface area contributed by atoms with Gasteiger partial charge in [0, 0.05) is 52.0 Å². The Morgan fingerprint density at radius 2 is 1.13 bits per heavy atom. The summed E-state index contributed by atoms with van der Waals surface area (Å²) in [6, 6.07) is 15.3. The van der Waals surface area contributed by atoms with Gasteiger partial charge in [-0.15, -0.1) is 0 Å². The number of ether oxygens (including phenoxy) is 2. The van der Waals surface area contributed by atoms with Gasteiger partial charge in [-0.1, -0.05) is 23.2 Å². The molecule has 0 radical (unpaired) electrons. The summed E-state index contributed by atoms with van der Waals surface area (Å²) in [6.45, 7) is 5.87. The van der Waals surface area contributed by atoms with E-state index in [1.807, 2.05) is 12.1 Å². The summed E-state index contributed by atoms with van der Waals surface area (Å²) < 4.78 is 38.9. The van der Waals surface area contributed by atoms with Gasteiger partial charge in [0.1, 0.15) is 41.7 Å². The molecule has 2 aliphatic carbocycles. The minimum atomic E-state index is -0.536. The van der Waals surface area contributed by atoms with Gasteiger partial charge in [-0.3, -0.25) is 10.1 Å². The molecule has 14 nitrogen and oxygen atoms in total. The van der Waals surface area contributed by atoms with Gasteiger partial charge in [-0.2, -0.15) is 0 Å². The second kappa shape index (κ2) is 21.5. The van der Waals surface area contributed by atoms with Crippen molar-refractivity contribution in [2.75, 3.05) is 69.9 Å². The fourth-order valence-electron chi connectivity index (χ4n) is 10.6. The summed E-state index contributed by atoms with van der Waals surface area (Å²) in [5, 5.41) is 19.2. The first-order valence-corrected chi connectivity index (χ1v) is 24.0. The van der Waals surface area contributed by atoms with Crippen LogP contribution in [0.2, 0.25) is 10.0 Å². The van der Waals surface area contributed by atoms with Gasteiger partial charge < -0.3 is 35.6 Å². The number of hydrogen-bond acceptors (Lipinski definition) is 13. The molecule has 2 aliphatic heterocycles. The molecule has 69 heavy (non-hydrogen) atoms. The van der Waals surface area contributed by atoms with Crippen molar-refractivity contribution in [1.29, 1.82) is 0 Å². The van der Waals surface area contributed by atoms with E-state index in [0.717, 1.165) is 29.7 Å². The van der Waals surface area contributed by atoms with Gasteiger partial charge >= 0.3 is 5.69 Å². The number of likely N-dealkylation sites (tertiary alicyclic amines) is 2. The van der Waals surface area contributed by atoms with E-state index in [2.05, 4.69) is 54.5 Å². The van der Waals surface area contributed by atoms with E-state index >= 15 is 0 Å². The molecule has 4 N–H and O–H groups in total. The van der Waals surface area contributed by atoms with Crippen LogP contribution in [0.4, 0.5) is 43.2 Å². The average Bonchev–Trinajstić information content (AvgIpc) is 3.29. The Balaban J connectivity index is 0.000000184. The maximum atomic E-state index is 13.5. The molecular weight excluding hydrogens is 969 g/mol. The number of aromatic nitrogens is 4. The van der Waals surface area contributed by atoms with E-state index in [4.69, 9.17) is 38.4 Å². The quantitative estimate of drug-likeness (QED) is 0.0433. The molecule has 0 unspecified atom stereocenters. The summed E-state index contributed by atoms with van der Waals surface area (Å²) in [5.74, 6) is 2.11. The van der Waals surface area contributed by atoms with Crippen LogP contribution in [0.25, 0.3) is 21.8 Å². The van der Waals surface area contributed by atoms with Crippen molar-refractivity contribution in [3.63, 3.8) is 0 Å². The third-order valence-corrected chi connectivity index (χ3v) is 15.2. The Labute approximate surface area is 420 Å². The summed E-state index contributed by atoms with van der Waals surface area (Å²) in [6.07, 6.45) is 15.1. The molecule has 2 saturated heterocycles. The van der Waals surface area contributed by atoms with Gasteiger partial charge in [-0.05, 0) is 170 Å². The molecule has 4 aromatic carbocycles. The number of anilines is 5. The van der Waals surface area contributed by atoms with E-state index in [-0.39, 0.29) is 38.6 Å². The number of hydrogen-bond donors (Lipinski definition) is 3. The number of nitrogens with two attached hydrogens (primary N) is 1. The van der Waals surface area contributed by atoms with Crippen LogP contribution in [0.15, 0.2) is 73.3 Å². The molecule has 4 aliphatic rings. The minimum absolute atomic E-state index is 0. The number of halogens is 4. The number of nitrogens with zero attached hydrogens (tertiary/aromatic N) is 7. The van der Waals surface area contributed by atoms with E-state index in [0.29, 0.717) is 75.3 Å². The Hall–Kier alpha value is -5.16. The number of nitro groups is 1. The van der Waals surface area contributed by atoms with Gasteiger partial charge in [0.25, 0.3) is 0 Å². The third kappa shape index (κ3) is 11.7. The predicted octanol–water partition coefficient (Wildman–Crippen LogP) is 11.6. The molecule has 0 atom stereocenters. The van der Waals surface area contributed by atoms with Crippen LogP contribution in [0.3, 0.4) is 0 Å². The molecule has 19 heteroatoms. The van der Waals surface area contributed by atoms with Crippen molar-refractivity contribution in [2.45, 2.75) is 64.2 Å². The smallest absolute Gasteiger partial charge is 0.311 e. The van der Waals surface area contributed by atoms with Crippen LogP contribution < -0.4 is 25.8 Å². The minimum Gasteiger partial charge on any atom is -0.491 e. The molecule has 2 spiro atoms. The first kappa shape index (κ1) is 50.2. The molecule has 366 valence electrons. The third-order valence-electron chi connectivity index (χ3n) is 14.6. The first-order valence-electron chi connectivity index (χ1n) is 23.3. The van der Waals surface area contributed by atoms with Crippen molar-refractivity contribution in [2.24, 2.45) is 22.7 Å². The fraction of sp³-hybridized carbons (Fsp3) is 0.440. The standard InChI is InChI=1S/C25H27ClFN5O3.C25H29ClFN5O.Fe/c1-31-7-5-25(6-8-31)13-16(14-25)4-9-35-23-12-21-18(11-22(23)32(33)34)24(29-15-28-21)30-17-2-3-20(27)19(26)10-17;1-32-7-5-25(6-8-32)13-16(14-25)4-9-33-23-12-22-18(11-21(23)28)24(30-15-29-22)31-17-2-3-20(27)19(26)10-17;/h2-3,10-12,15-16H,4-9,13-14H2,1H3,(H,28,29,30);2-3,10-12,15-16H,4-9,13-14,28H2,1H3,(H,29,30,31);. The second-order valence-electron chi connectivity index (χ2n) is 19.4. The molecule has 2 saturated carbocycles. The largest absolute Gasteiger partial charge is 0.491 e. The Bertz CT molecular complexity index is 2800. The SMILES string of the molecule is CN1CCC2(CC1)CC(CCOc1cc3ncnc(Nc4ccc(F)c(Cl)c4)c3cc1N)C2.CN1CCC2(CC1)CC(CCOc1cc3ncnc(Nc4ccc(F)c(Cl)c4)c3cc1[N+](=O)[O-])C2.[Fe]. The molecule has 6 aromatic rings. The summed E-state index contributed by atoms with van der Waals surface area (Å²) in [4.78, 5) is 33.3. The van der Waals surface area contributed by atoms with E-state index in [1.165, 1.54) is 127 Å². The van der Waals surface area contributed by atoms with E-state index in [9.17, 15) is 18.9 Å². The Morgan fingerprint density at radius 3 is 1.58 bits per heavy atom. The van der Waals surface area contributed by atoms with E-state index in [1.54, 1.807) is 12.1 Å². The van der Waals surface area contributed by atoms with Crippen molar-refractivity contribution in [3.05, 3.63) is 105 Å². The maximum absolute atomic E-state index is 13.5. The Morgan fingerprint density at radius 1 is 0.696 bits per heavy atom. The number of benzene rings is 4. The molecular formula is C50H56Cl2F2FeN10O4. The van der Waals surface area contributed by atoms with Crippen molar-refractivity contribution >= 4 is 79.4 Å². The number of nitrogen functional groups attached to an aromatic ring is 1. The zero-order valence-electron chi connectivity index (χ0n) is 38.6. The predicted molar refractivity (Wildman–Crippen MR) is 264 cm³/mol. The van der Waals surface area contributed by atoms with Crippen LogP contribution in [0.1, 0.15) is 64.2 Å². The fourth-order valence-corrected chi connectivity index (χ4v) is 10.9. The van der Waals surface area contributed by atoms with Crippen LogP contribution in [-0.2, 0) is 17.1 Å². The molecule has 0 amide bonds. The second-order valence-corrected chi connectivity index (χ2v) is 20.2. The van der Waals surface area contributed by atoms with Gasteiger partial charge in [0.2, 0.25) is 0 Å². The van der Waals surface area contributed by atoms with Crippen LogP contribution in [0, 0.1) is 44.4 Å². The molecule has 2 aromatic heterocycles. The van der Waals surface area contributed by atoms with E-state index < -0.39 is 16.6 Å². The summed E-state index contributed by atoms with van der Waals surface area (Å²) in [5.41, 5.74) is 10.1. The summed E-state index contributed by atoms with van der Waals surface area (Å²) in [7, 11) is 4.39. The number of nitrogens with one attached hydrogen (secondary N) is 2. The monoisotopic (exact) mass is 1020 g/mol. The van der Waals surface area contributed by atoms with Crippen molar-refractivity contribution < 1.29 is 40.2 Å². The van der Waals surface area contributed by atoms with Crippen molar-refractivity contribution in [1.82, 2.24) is 29.7 Å². The Kier molecular flexibility index (Phi) is 15.6. The van der Waals surface area contributed by atoms with Crippen LogP contribution in [0.5, 0.6) is 11.5 Å². The number of rotatable bonds is 13. The molecule has 0 bridgehead atoms. The molecule has 4 fully saturated rings. The van der Waals surface area contributed by atoms with Gasteiger partial charge in [0.05, 0.1) is 50.3 Å². The number of fused-ring (bicyclic) bond motifs is 2. The average molecular weight is 1030 g/mol. The van der Waals surface area contributed by atoms with Crippen molar-refractivity contribution in [3.8, 4) is 11.5 Å². The normalized spacial score (nSPS) is 17.9. The molecule has 4 heterocycles. The van der Waals surface area contributed by atoms with Crippen LogP contribution in [-0.4, -0.2) is 88.1 Å². The number of nitro benzene ring substituents is 1. The number of piperidine rings is 2. The zero-order valence-corrected chi connectivity index (χ0v) is 41.2. The zero-order chi connectivity index (χ0) is 47.6. The topological polar surface area (TPSA) is 170 Å². The van der Waals surface area contributed by atoms with Crippen LogP contribution >= 0.6 is 23.2 Å². The first-order chi connectivity index (χ1) is 32.7. The van der Waals surface area contributed by atoms with Gasteiger partial charge in [-0.25, -0.2) is 28.7 Å². The van der Waals surface area contributed by atoms with Gasteiger partial charge in [0.15, 0.2) is 5.75 Å². The molecule has 10 rings (SSSR count).